The third-order valence-electron chi connectivity index (χ3n) is 3.24. The standard InChI is InChI=1S/C14H23FN2.ClH/c1-11(12-5-7-13(15)8-6-12)17(4)10-14(2,3)9-16;/h5-8,11H,9-10,16H2,1-4H3;1H. The van der Waals surface area contributed by atoms with Crippen LogP contribution in [0.1, 0.15) is 32.4 Å². The van der Waals surface area contributed by atoms with Gasteiger partial charge < -0.3 is 5.73 Å². The lowest BCUT2D eigenvalue weighted by Crippen LogP contribution is -2.37. The molecule has 0 saturated heterocycles. The van der Waals surface area contributed by atoms with E-state index in [0.29, 0.717) is 6.54 Å². The highest BCUT2D eigenvalue weighted by atomic mass is 35.5. The molecule has 18 heavy (non-hydrogen) atoms. The molecule has 1 unspecified atom stereocenters. The molecular weight excluding hydrogens is 251 g/mol. The van der Waals surface area contributed by atoms with E-state index in [9.17, 15) is 4.39 Å². The molecule has 0 saturated carbocycles. The molecule has 0 heterocycles. The molecule has 0 amide bonds. The zero-order valence-electron chi connectivity index (χ0n) is 11.6. The van der Waals surface area contributed by atoms with Gasteiger partial charge in [0.1, 0.15) is 5.82 Å². The van der Waals surface area contributed by atoms with Gasteiger partial charge in [0.25, 0.3) is 0 Å². The molecule has 0 bridgehead atoms. The molecule has 2 nitrogen and oxygen atoms in total. The second-order valence-electron chi connectivity index (χ2n) is 5.51. The van der Waals surface area contributed by atoms with Crippen molar-refractivity contribution in [1.29, 1.82) is 0 Å². The summed E-state index contributed by atoms with van der Waals surface area (Å²) >= 11 is 0. The van der Waals surface area contributed by atoms with E-state index >= 15 is 0 Å². The average Bonchev–Trinajstić information content (AvgIpc) is 2.28. The predicted octanol–water partition coefficient (Wildman–Crippen LogP) is 3.23. The monoisotopic (exact) mass is 274 g/mol. The van der Waals surface area contributed by atoms with Gasteiger partial charge in [0.15, 0.2) is 0 Å². The average molecular weight is 275 g/mol. The Kier molecular flexibility index (Phi) is 6.82. The molecule has 0 aliphatic carbocycles. The highest BCUT2D eigenvalue weighted by Crippen LogP contribution is 2.23. The van der Waals surface area contributed by atoms with Crippen LogP contribution in [0.2, 0.25) is 0 Å². The van der Waals surface area contributed by atoms with Crippen molar-refractivity contribution < 1.29 is 4.39 Å². The number of rotatable bonds is 5. The van der Waals surface area contributed by atoms with Gasteiger partial charge >= 0.3 is 0 Å². The van der Waals surface area contributed by atoms with Crippen molar-refractivity contribution in [2.24, 2.45) is 11.1 Å². The maximum atomic E-state index is 12.8. The molecule has 0 fully saturated rings. The van der Waals surface area contributed by atoms with Crippen LogP contribution in [0.5, 0.6) is 0 Å². The van der Waals surface area contributed by atoms with E-state index in [0.717, 1.165) is 12.1 Å². The van der Waals surface area contributed by atoms with Crippen LogP contribution in [-0.4, -0.2) is 25.0 Å². The Morgan fingerprint density at radius 3 is 2.22 bits per heavy atom. The van der Waals surface area contributed by atoms with Crippen LogP contribution in [0.4, 0.5) is 4.39 Å². The minimum absolute atomic E-state index is 0. The molecule has 1 rings (SSSR count). The van der Waals surface area contributed by atoms with Crippen LogP contribution in [0.15, 0.2) is 24.3 Å². The smallest absolute Gasteiger partial charge is 0.123 e. The normalized spacial score (nSPS) is 13.3. The Bertz CT molecular complexity index is 351. The maximum absolute atomic E-state index is 12.8. The van der Waals surface area contributed by atoms with Crippen LogP contribution in [0.3, 0.4) is 0 Å². The van der Waals surface area contributed by atoms with Gasteiger partial charge in [-0.15, -0.1) is 12.4 Å². The van der Waals surface area contributed by atoms with Crippen molar-refractivity contribution in [2.45, 2.75) is 26.8 Å². The topological polar surface area (TPSA) is 29.3 Å². The van der Waals surface area contributed by atoms with E-state index in [-0.39, 0.29) is 29.7 Å². The summed E-state index contributed by atoms with van der Waals surface area (Å²) in [5, 5.41) is 0. The Hall–Kier alpha value is -0.640. The zero-order valence-corrected chi connectivity index (χ0v) is 12.4. The lowest BCUT2D eigenvalue weighted by molar-refractivity contribution is 0.174. The van der Waals surface area contributed by atoms with Gasteiger partial charge in [-0.05, 0) is 43.6 Å². The molecule has 2 N–H and O–H groups in total. The fraction of sp³-hybridized carbons (Fsp3) is 0.571. The molecule has 0 aliphatic heterocycles. The van der Waals surface area contributed by atoms with E-state index in [1.165, 1.54) is 12.1 Å². The molecule has 1 aromatic carbocycles. The number of hydrogen-bond donors (Lipinski definition) is 1. The summed E-state index contributed by atoms with van der Waals surface area (Å²) in [5.41, 5.74) is 6.96. The van der Waals surface area contributed by atoms with E-state index < -0.39 is 0 Å². The number of hydrogen-bond acceptors (Lipinski definition) is 2. The van der Waals surface area contributed by atoms with E-state index in [1.54, 1.807) is 0 Å². The first-order valence-corrected chi connectivity index (χ1v) is 6.01. The summed E-state index contributed by atoms with van der Waals surface area (Å²) in [7, 11) is 2.07. The first-order valence-electron chi connectivity index (χ1n) is 6.01. The van der Waals surface area contributed by atoms with Crippen molar-refractivity contribution in [3.63, 3.8) is 0 Å². The molecule has 0 spiro atoms. The Morgan fingerprint density at radius 1 is 1.28 bits per heavy atom. The predicted molar refractivity (Wildman–Crippen MR) is 77.5 cm³/mol. The third kappa shape index (κ3) is 4.92. The summed E-state index contributed by atoms with van der Waals surface area (Å²) in [6.45, 7) is 8.01. The first kappa shape index (κ1) is 17.4. The summed E-state index contributed by atoms with van der Waals surface area (Å²) in [6, 6.07) is 6.96. The van der Waals surface area contributed by atoms with Crippen LogP contribution in [-0.2, 0) is 0 Å². The molecule has 0 radical (unpaired) electrons. The van der Waals surface area contributed by atoms with Crippen molar-refractivity contribution in [3.05, 3.63) is 35.6 Å². The Balaban J connectivity index is 0.00000289. The summed E-state index contributed by atoms with van der Waals surface area (Å²) in [5.74, 6) is -0.189. The van der Waals surface area contributed by atoms with Gasteiger partial charge in [0, 0.05) is 12.6 Å². The van der Waals surface area contributed by atoms with Gasteiger partial charge in [0.2, 0.25) is 0 Å². The highest BCUT2D eigenvalue weighted by molar-refractivity contribution is 5.85. The second kappa shape index (κ2) is 7.07. The first-order chi connectivity index (χ1) is 7.85. The maximum Gasteiger partial charge on any atom is 0.123 e. The van der Waals surface area contributed by atoms with Gasteiger partial charge in [0.05, 0.1) is 0 Å². The summed E-state index contributed by atoms with van der Waals surface area (Å²) < 4.78 is 12.8. The summed E-state index contributed by atoms with van der Waals surface area (Å²) in [4.78, 5) is 2.25. The number of nitrogens with two attached hydrogens (primary N) is 1. The van der Waals surface area contributed by atoms with Gasteiger partial charge in [-0.3, -0.25) is 4.90 Å². The molecule has 0 aromatic heterocycles. The van der Waals surface area contributed by atoms with E-state index in [2.05, 4.69) is 32.7 Å². The Morgan fingerprint density at radius 2 is 1.78 bits per heavy atom. The minimum Gasteiger partial charge on any atom is -0.330 e. The molecule has 104 valence electrons. The quantitative estimate of drug-likeness (QED) is 0.893. The molecule has 0 aliphatic rings. The highest BCUT2D eigenvalue weighted by Gasteiger charge is 2.21. The van der Waals surface area contributed by atoms with Crippen LogP contribution >= 0.6 is 12.4 Å². The zero-order chi connectivity index (χ0) is 13.1. The number of halogens is 2. The minimum atomic E-state index is -0.189. The molecular formula is C14H24ClFN2. The molecule has 1 aromatic rings. The molecule has 4 heteroatoms. The van der Waals surface area contributed by atoms with E-state index in [4.69, 9.17) is 5.73 Å². The van der Waals surface area contributed by atoms with Crippen molar-refractivity contribution in [2.75, 3.05) is 20.1 Å². The molecule has 1 atom stereocenters. The second-order valence-corrected chi connectivity index (χ2v) is 5.51. The fourth-order valence-electron chi connectivity index (χ4n) is 1.87. The lowest BCUT2D eigenvalue weighted by atomic mass is 9.92. The van der Waals surface area contributed by atoms with Crippen LogP contribution in [0.25, 0.3) is 0 Å². The fourth-order valence-corrected chi connectivity index (χ4v) is 1.87. The van der Waals surface area contributed by atoms with Crippen molar-refractivity contribution in [1.82, 2.24) is 4.90 Å². The van der Waals surface area contributed by atoms with Crippen LogP contribution < -0.4 is 5.73 Å². The van der Waals surface area contributed by atoms with E-state index in [1.807, 2.05) is 12.1 Å². The lowest BCUT2D eigenvalue weighted by Gasteiger charge is -2.33. The third-order valence-corrected chi connectivity index (χ3v) is 3.24. The largest absolute Gasteiger partial charge is 0.330 e. The van der Waals surface area contributed by atoms with Crippen molar-refractivity contribution in [3.8, 4) is 0 Å². The van der Waals surface area contributed by atoms with Gasteiger partial charge in [-0.2, -0.15) is 0 Å². The Labute approximate surface area is 116 Å². The summed E-state index contributed by atoms with van der Waals surface area (Å²) in [6.07, 6.45) is 0. The SMILES string of the molecule is CC(c1ccc(F)cc1)N(C)CC(C)(C)CN.Cl. The van der Waals surface area contributed by atoms with Crippen LogP contribution in [0, 0.1) is 11.2 Å². The number of nitrogens with zero attached hydrogens (tertiary/aromatic N) is 1. The van der Waals surface area contributed by atoms with Gasteiger partial charge in [-0.25, -0.2) is 4.39 Å². The van der Waals surface area contributed by atoms with Crippen molar-refractivity contribution >= 4 is 12.4 Å². The number of benzene rings is 1. The van der Waals surface area contributed by atoms with Gasteiger partial charge in [-0.1, -0.05) is 26.0 Å².